The topological polar surface area (TPSA) is 95.9 Å². The second-order valence-corrected chi connectivity index (χ2v) is 7.55. The summed E-state index contributed by atoms with van der Waals surface area (Å²) < 4.78 is 31.9. The van der Waals surface area contributed by atoms with E-state index in [-0.39, 0.29) is 11.8 Å². The molecule has 0 aliphatic carbocycles. The molecule has 1 atom stereocenters. The number of nitrogens with zero attached hydrogens (tertiary/aromatic N) is 1. The minimum absolute atomic E-state index is 0.0435. The van der Waals surface area contributed by atoms with Crippen LogP contribution in [-0.4, -0.2) is 49.3 Å². The van der Waals surface area contributed by atoms with Crippen LogP contribution >= 0.6 is 0 Å². The SMILES string of the molecule is CO.[B]OC(=O)C(C)(C)c1cc2cc(N)c(F)cc2n1CC1COC(C)(C)O1. The molecule has 152 valence electrons. The largest absolute Gasteiger partial charge is 0.543 e. The maximum atomic E-state index is 14.1. The van der Waals surface area contributed by atoms with Gasteiger partial charge in [0.1, 0.15) is 17.3 Å². The molecule has 1 aromatic carbocycles. The third-order valence-corrected chi connectivity index (χ3v) is 4.73. The molecule has 0 saturated carbocycles. The first-order valence-corrected chi connectivity index (χ1v) is 8.81. The predicted molar refractivity (Wildman–Crippen MR) is 104 cm³/mol. The molecule has 1 aromatic heterocycles. The lowest BCUT2D eigenvalue weighted by Crippen LogP contribution is -2.34. The molecular formula is C19H26BFN2O5. The summed E-state index contributed by atoms with van der Waals surface area (Å²) in [7, 11) is 6.10. The molecule has 2 radical (unpaired) electrons. The Morgan fingerprint density at radius 3 is 2.61 bits per heavy atom. The number of aromatic nitrogens is 1. The molecule has 2 aromatic rings. The lowest BCUT2D eigenvalue weighted by Gasteiger charge is -2.26. The van der Waals surface area contributed by atoms with E-state index in [1.54, 1.807) is 26.0 Å². The minimum atomic E-state index is -1.05. The molecule has 0 amide bonds. The number of halogens is 1. The van der Waals surface area contributed by atoms with Gasteiger partial charge in [-0.3, -0.25) is 4.79 Å². The summed E-state index contributed by atoms with van der Waals surface area (Å²) >= 11 is 0. The van der Waals surface area contributed by atoms with Gasteiger partial charge < -0.3 is 29.5 Å². The molecule has 1 fully saturated rings. The van der Waals surface area contributed by atoms with E-state index in [1.165, 1.54) is 6.07 Å². The molecule has 3 N–H and O–H groups in total. The van der Waals surface area contributed by atoms with E-state index >= 15 is 0 Å². The van der Waals surface area contributed by atoms with Crippen LogP contribution in [0.4, 0.5) is 10.1 Å². The van der Waals surface area contributed by atoms with Gasteiger partial charge in [0.15, 0.2) is 5.79 Å². The minimum Gasteiger partial charge on any atom is -0.543 e. The summed E-state index contributed by atoms with van der Waals surface area (Å²) in [5, 5.41) is 7.72. The second-order valence-electron chi connectivity index (χ2n) is 7.55. The van der Waals surface area contributed by atoms with Crippen molar-refractivity contribution in [3.05, 3.63) is 29.7 Å². The highest BCUT2D eigenvalue weighted by Crippen LogP contribution is 2.34. The van der Waals surface area contributed by atoms with Crippen LogP contribution in [0.5, 0.6) is 0 Å². The van der Waals surface area contributed by atoms with E-state index in [4.69, 9.17) is 28.4 Å². The highest BCUT2D eigenvalue weighted by Gasteiger charge is 2.37. The Morgan fingerprint density at radius 1 is 1.43 bits per heavy atom. The van der Waals surface area contributed by atoms with Crippen LogP contribution in [0.25, 0.3) is 10.9 Å². The van der Waals surface area contributed by atoms with Crippen molar-refractivity contribution in [1.29, 1.82) is 0 Å². The van der Waals surface area contributed by atoms with Crippen molar-refractivity contribution in [3.8, 4) is 0 Å². The van der Waals surface area contributed by atoms with Crippen LogP contribution < -0.4 is 5.73 Å². The Labute approximate surface area is 165 Å². The van der Waals surface area contributed by atoms with Crippen LogP contribution in [-0.2, 0) is 30.9 Å². The maximum absolute atomic E-state index is 14.1. The Bertz CT molecular complexity index is 866. The first-order chi connectivity index (χ1) is 13.0. The predicted octanol–water partition coefficient (Wildman–Crippen LogP) is 2.03. The van der Waals surface area contributed by atoms with E-state index in [9.17, 15) is 9.18 Å². The number of aliphatic hydroxyl groups is 1. The zero-order chi connectivity index (χ0) is 21.3. The molecule has 7 nitrogen and oxygen atoms in total. The number of hydrogen-bond donors (Lipinski definition) is 2. The van der Waals surface area contributed by atoms with Gasteiger partial charge in [-0.2, -0.15) is 0 Å². The summed E-state index contributed by atoms with van der Waals surface area (Å²) in [5.74, 6) is -1.81. The number of nitrogen functional groups attached to an aromatic ring is 1. The maximum Gasteiger partial charge on any atom is 0.378 e. The lowest BCUT2D eigenvalue weighted by molar-refractivity contribution is -0.141. The van der Waals surface area contributed by atoms with Gasteiger partial charge in [-0.1, -0.05) is 0 Å². The van der Waals surface area contributed by atoms with Gasteiger partial charge in [-0.25, -0.2) is 4.39 Å². The number of nitrogens with two attached hydrogens (primary N) is 1. The highest BCUT2D eigenvalue weighted by atomic mass is 19.1. The molecule has 0 bridgehead atoms. The Kier molecular flexibility index (Phi) is 6.42. The number of fused-ring (bicyclic) bond motifs is 1. The third-order valence-electron chi connectivity index (χ3n) is 4.73. The summed E-state index contributed by atoms with van der Waals surface area (Å²) in [6, 6.07) is 4.70. The van der Waals surface area contributed by atoms with Crippen molar-refractivity contribution in [1.82, 2.24) is 4.57 Å². The van der Waals surface area contributed by atoms with Gasteiger partial charge in [0.05, 0.1) is 24.4 Å². The molecule has 1 aliphatic heterocycles. The summed E-state index contributed by atoms with van der Waals surface area (Å²) in [5.41, 5.74) is 5.93. The Balaban J connectivity index is 0.00000136. The van der Waals surface area contributed by atoms with Crippen LogP contribution in [0.2, 0.25) is 0 Å². The van der Waals surface area contributed by atoms with Gasteiger partial charge in [0, 0.05) is 24.3 Å². The number of benzene rings is 1. The van der Waals surface area contributed by atoms with Gasteiger partial charge >= 0.3 is 8.05 Å². The number of aliphatic hydroxyl groups excluding tert-OH is 1. The quantitative estimate of drug-likeness (QED) is 0.611. The van der Waals surface area contributed by atoms with Gasteiger partial charge in [0.2, 0.25) is 0 Å². The number of anilines is 1. The normalized spacial score (nSPS) is 18.6. The number of rotatable bonds is 4. The van der Waals surface area contributed by atoms with Crippen molar-refractivity contribution in [2.45, 2.75) is 51.5 Å². The van der Waals surface area contributed by atoms with Gasteiger partial charge in [-0.15, -0.1) is 0 Å². The van der Waals surface area contributed by atoms with Crippen LogP contribution in [0, 0.1) is 5.82 Å². The van der Waals surface area contributed by atoms with E-state index in [2.05, 4.69) is 4.65 Å². The standard InChI is InChI=1S/C18H22BFN2O4.CH4O/c1-17(2,16(23)26-19)15-6-10-5-13(21)12(20)7-14(10)22(15)8-11-9-24-18(3,4)25-11;1-2/h5-7,11H,8-9,21H2,1-4H3;2H,1H3. The summed E-state index contributed by atoms with van der Waals surface area (Å²) in [4.78, 5) is 12.2. The zero-order valence-corrected chi connectivity index (χ0v) is 16.8. The van der Waals surface area contributed by atoms with Crippen molar-refractivity contribution in [2.24, 2.45) is 0 Å². The first-order valence-electron chi connectivity index (χ1n) is 8.81. The zero-order valence-electron chi connectivity index (χ0n) is 16.8. The van der Waals surface area contributed by atoms with Crippen LogP contribution in [0.3, 0.4) is 0 Å². The number of carbonyl (C=O) groups is 1. The molecule has 1 saturated heterocycles. The van der Waals surface area contributed by atoms with Crippen LogP contribution in [0.15, 0.2) is 18.2 Å². The molecule has 1 unspecified atom stereocenters. The third kappa shape index (κ3) is 4.16. The Morgan fingerprint density at radius 2 is 2.07 bits per heavy atom. The molecule has 28 heavy (non-hydrogen) atoms. The number of ether oxygens (including phenoxy) is 2. The summed E-state index contributed by atoms with van der Waals surface area (Å²) in [6.07, 6.45) is -0.246. The molecular weight excluding hydrogens is 366 g/mol. The van der Waals surface area contributed by atoms with Gasteiger partial charge in [0.25, 0.3) is 5.97 Å². The lowest BCUT2D eigenvalue weighted by atomic mass is 9.89. The van der Waals surface area contributed by atoms with Crippen molar-refractivity contribution < 1.29 is 28.4 Å². The van der Waals surface area contributed by atoms with E-state index < -0.39 is 23.0 Å². The average molecular weight is 392 g/mol. The fourth-order valence-electron chi connectivity index (χ4n) is 3.32. The second kappa shape index (κ2) is 8.10. The van der Waals surface area contributed by atoms with Gasteiger partial charge in [-0.05, 0) is 39.8 Å². The van der Waals surface area contributed by atoms with E-state index in [1.807, 2.05) is 18.4 Å². The van der Waals surface area contributed by atoms with Crippen LogP contribution in [0.1, 0.15) is 33.4 Å². The molecule has 9 heteroatoms. The van der Waals surface area contributed by atoms with E-state index in [0.717, 1.165) is 12.5 Å². The number of carbonyl (C=O) groups excluding carboxylic acids is 1. The first kappa shape index (κ1) is 22.2. The number of hydrogen-bond acceptors (Lipinski definition) is 6. The fourth-order valence-corrected chi connectivity index (χ4v) is 3.32. The average Bonchev–Trinajstić information content (AvgIpc) is 3.17. The molecule has 3 rings (SSSR count). The van der Waals surface area contributed by atoms with Crippen molar-refractivity contribution >= 4 is 30.6 Å². The Hall–Kier alpha value is -2.10. The molecule has 0 spiro atoms. The smallest absolute Gasteiger partial charge is 0.378 e. The molecule has 2 heterocycles. The molecule has 1 aliphatic rings. The van der Waals surface area contributed by atoms with Crippen molar-refractivity contribution in [2.75, 3.05) is 19.5 Å². The van der Waals surface area contributed by atoms with Crippen molar-refractivity contribution in [3.63, 3.8) is 0 Å². The monoisotopic (exact) mass is 392 g/mol. The summed E-state index contributed by atoms with van der Waals surface area (Å²) in [6.45, 7) is 7.83. The highest BCUT2D eigenvalue weighted by molar-refractivity contribution is 6.07. The fraction of sp³-hybridized carbons (Fsp3) is 0.526. The van der Waals surface area contributed by atoms with E-state index in [0.29, 0.717) is 24.4 Å².